The van der Waals surface area contributed by atoms with Crippen LogP contribution in [-0.2, 0) is 24.5 Å². The summed E-state index contributed by atoms with van der Waals surface area (Å²) in [6, 6.07) is 9.17. The third kappa shape index (κ3) is 5.67. The van der Waals surface area contributed by atoms with Crippen LogP contribution >= 0.6 is 18.9 Å². The number of carbonyl (C=O) groups excluding carboxylic acids is 2. The van der Waals surface area contributed by atoms with E-state index in [9.17, 15) is 23.3 Å². The first-order valence-corrected chi connectivity index (χ1v) is 18.1. The normalized spacial score (nSPS) is 19.1. The lowest BCUT2D eigenvalue weighted by Gasteiger charge is -2.51. The molecule has 0 unspecified atom stereocenters. The van der Waals surface area contributed by atoms with Gasteiger partial charge in [0, 0.05) is 29.0 Å². The van der Waals surface area contributed by atoms with Crippen molar-refractivity contribution in [3.05, 3.63) is 86.8 Å². The monoisotopic (exact) mass is 675 g/mol. The Kier molecular flexibility index (Phi) is 8.64. The standard InChI is InChI=1S/C31H32F2N3O8PS/c1-17(2)44-31(39)43-16-42-29-27-30(38)34-11-12-41-14-24(34)36(35(27)13-22(28(29)37)45(3,4)40)26-18-9-10-21(32)25(33)20(18)15-46-23-8-6-5-7-19(23)26/h5-10,13,17,24,26H,11-12,14-16H2,1-4H3/t24-,26+/m1/s1. The van der Waals surface area contributed by atoms with Gasteiger partial charge in [0.2, 0.25) is 18.0 Å². The fourth-order valence-corrected chi connectivity index (χ4v) is 7.99. The summed E-state index contributed by atoms with van der Waals surface area (Å²) >= 11 is 1.35. The van der Waals surface area contributed by atoms with Gasteiger partial charge in [0.05, 0.1) is 30.7 Å². The van der Waals surface area contributed by atoms with Gasteiger partial charge < -0.3 is 28.4 Å². The third-order valence-electron chi connectivity index (χ3n) is 7.92. The molecule has 6 rings (SSSR count). The number of rotatable bonds is 6. The fourth-order valence-electron chi connectivity index (χ4n) is 5.90. The second-order valence-electron chi connectivity index (χ2n) is 11.6. The third-order valence-corrected chi connectivity index (χ3v) is 10.5. The molecule has 4 heterocycles. The second-order valence-corrected chi connectivity index (χ2v) is 15.8. The summed E-state index contributed by atoms with van der Waals surface area (Å²) in [6.45, 7) is 5.72. The average Bonchev–Trinajstić information content (AvgIpc) is 3.16. The van der Waals surface area contributed by atoms with Crippen LogP contribution in [0.3, 0.4) is 0 Å². The fraction of sp³-hybridized carbons (Fsp3) is 0.387. The molecule has 2 atom stereocenters. The summed E-state index contributed by atoms with van der Waals surface area (Å²) in [6.07, 6.45) is -0.945. The van der Waals surface area contributed by atoms with Crippen molar-refractivity contribution >= 4 is 36.3 Å². The number of benzene rings is 2. The number of nitrogens with zero attached hydrogens (tertiary/aromatic N) is 3. The predicted molar refractivity (Wildman–Crippen MR) is 166 cm³/mol. The zero-order valence-corrected chi connectivity index (χ0v) is 27.2. The van der Waals surface area contributed by atoms with Crippen molar-refractivity contribution < 1.29 is 41.9 Å². The number of hydrogen-bond acceptors (Lipinski definition) is 10. The van der Waals surface area contributed by atoms with Gasteiger partial charge in [0.25, 0.3) is 5.91 Å². The highest BCUT2D eigenvalue weighted by Gasteiger charge is 2.47. The van der Waals surface area contributed by atoms with Crippen molar-refractivity contribution in [2.24, 2.45) is 0 Å². The Morgan fingerprint density at radius 2 is 1.89 bits per heavy atom. The van der Waals surface area contributed by atoms with E-state index in [1.54, 1.807) is 18.9 Å². The maximum absolute atomic E-state index is 15.5. The van der Waals surface area contributed by atoms with Crippen molar-refractivity contribution in [2.75, 3.05) is 44.9 Å². The van der Waals surface area contributed by atoms with Gasteiger partial charge in [-0.3, -0.25) is 19.3 Å². The molecule has 3 aliphatic heterocycles. The van der Waals surface area contributed by atoms with Gasteiger partial charge in [-0.25, -0.2) is 13.6 Å². The summed E-state index contributed by atoms with van der Waals surface area (Å²) in [5.41, 5.74) is 0.326. The molecule has 1 fully saturated rings. The van der Waals surface area contributed by atoms with Crippen LogP contribution in [0.5, 0.6) is 5.75 Å². The van der Waals surface area contributed by atoms with Crippen LogP contribution in [0.1, 0.15) is 47.1 Å². The summed E-state index contributed by atoms with van der Waals surface area (Å²) in [5.74, 6) is -2.87. The number of morpholine rings is 1. The van der Waals surface area contributed by atoms with E-state index in [0.29, 0.717) is 5.56 Å². The van der Waals surface area contributed by atoms with Gasteiger partial charge in [-0.2, -0.15) is 0 Å². The van der Waals surface area contributed by atoms with Gasteiger partial charge >= 0.3 is 6.16 Å². The molecule has 0 spiro atoms. The number of amides is 1. The van der Waals surface area contributed by atoms with Crippen LogP contribution in [0.15, 0.2) is 52.3 Å². The van der Waals surface area contributed by atoms with Crippen LogP contribution in [-0.4, -0.2) is 73.8 Å². The number of carbonyl (C=O) groups is 2. The lowest BCUT2D eigenvalue weighted by molar-refractivity contribution is -0.0221. The average molecular weight is 676 g/mol. The largest absolute Gasteiger partial charge is 0.511 e. The van der Waals surface area contributed by atoms with Crippen LogP contribution in [0.25, 0.3) is 0 Å². The smallest absolute Gasteiger partial charge is 0.451 e. The molecule has 15 heteroatoms. The lowest BCUT2D eigenvalue weighted by atomic mass is 9.93. The van der Waals surface area contributed by atoms with Crippen LogP contribution < -0.4 is 20.5 Å². The number of pyridine rings is 1. The van der Waals surface area contributed by atoms with E-state index in [1.165, 1.54) is 46.9 Å². The van der Waals surface area contributed by atoms with E-state index in [2.05, 4.69) is 0 Å². The van der Waals surface area contributed by atoms with Gasteiger partial charge in [-0.05, 0) is 50.4 Å². The van der Waals surface area contributed by atoms with E-state index in [4.69, 9.17) is 18.9 Å². The Morgan fingerprint density at radius 3 is 2.63 bits per heavy atom. The first kappa shape index (κ1) is 32.1. The second kappa shape index (κ2) is 12.4. The van der Waals surface area contributed by atoms with Crippen LogP contribution in [0, 0.1) is 11.6 Å². The van der Waals surface area contributed by atoms with Gasteiger partial charge in [0.15, 0.2) is 17.3 Å². The molecule has 0 aliphatic carbocycles. The number of hydrogen-bond donors (Lipinski definition) is 0. The van der Waals surface area contributed by atoms with Gasteiger partial charge in [-0.15, -0.1) is 11.8 Å². The molecule has 0 bridgehead atoms. The minimum absolute atomic E-state index is 0.0493. The Hall–Kier alpha value is -3.87. The topological polar surface area (TPSA) is 117 Å². The Bertz CT molecular complexity index is 1830. The zero-order valence-electron chi connectivity index (χ0n) is 25.5. The Morgan fingerprint density at radius 1 is 1.13 bits per heavy atom. The minimum atomic E-state index is -3.32. The van der Waals surface area contributed by atoms with E-state index in [-0.39, 0.29) is 42.1 Å². The molecule has 244 valence electrons. The van der Waals surface area contributed by atoms with E-state index < -0.39 is 67.1 Å². The number of thioether (sulfide) groups is 1. The summed E-state index contributed by atoms with van der Waals surface area (Å²) in [7, 11) is -3.32. The highest BCUT2D eigenvalue weighted by atomic mass is 32.2. The molecular formula is C31H32F2N3O8PS. The molecule has 0 saturated carbocycles. The first-order valence-electron chi connectivity index (χ1n) is 14.6. The van der Waals surface area contributed by atoms with E-state index >= 15 is 4.39 Å². The highest BCUT2D eigenvalue weighted by Crippen LogP contribution is 2.45. The van der Waals surface area contributed by atoms with Crippen LogP contribution in [0.4, 0.5) is 13.6 Å². The SMILES string of the molecule is CC(C)OC(=O)OCOc1c2n(cc(P(C)(C)=O)c1=O)N([C@@H]1c3ccccc3SCc3c1ccc(F)c3F)[C@@H]1COCCN1C2=O. The molecule has 1 amide bonds. The minimum Gasteiger partial charge on any atom is -0.451 e. The summed E-state index contributed by atoms with van der Waals surface area (Å²) in [5, 5.41) is 1.64. The molecule has 3 aliphatic rings. The molecule has 0 radical (unpaired) electrons. The molecule has 3 aromatic rings. The number of ether oxygens (including phenoxy) is 4. The van der Waals surface area contributed by atoms with Crippen molar-refractivity contribution in [3.63, 3.8) is 0 Å². The Labute approximate surface area is 267 Å². The van der Waals surface area contributed by atoms with E-state index in [1.807, 2.05) is 24.3 Å². The predicted octanol–water partition coefficient (Wildman–Crippen LogP) is 4.42. The van der Waals surface area contributed by atoms with Crippen LogP contribution in [0.2, 0.25) is 0 Å². The van der Waals surface area contributed by atoms with Crippen molar-refractivity contribution in [3.8, 4) is 5.75 Å². The highest BCUT2D eigenvalue weighted by molar-refractivity contribution is 7.98. The molecule has 1 saturated heterocycles. The summed E-state index contributed by atoms with van der Waals surface area (Å²) in [4.78, 5) is 42.5. The lowest BCUT2D eigenvalue weighted by Crippen LogP contribution is -2.67. The summed E-state index contributed by atoms with van der Waals surface area (Å²) < 4.78 is 66.6. The Balaban J connectivity index is 1.61. The molecule has 11 nitrogen and oxygen atoms in total. The molecule has 0 N–H and O–H groups in total. The molecular weight excluding hydrogens is 643 g/mol. The first-order chi connectivity index (χ1) is 21.9. The van der Waals surface area contributed by atoms with E-state index in [0.717, 1.165) is 16.5 Å². The van der Waals surface area contributed by atoms with Crippen molar-refractivity contribution in [2.45, 2.75) is 42.8 Å². The number of fused-ring (bicyclic) bond motifs is 4. The number of halogens is 2. The number of aromatic nitrogens is 1. The quantitative estimate of drug-likeness (QED) is 0.211. The molecule has 1 aromatic heterocycles. The van der Waals surface area contributed by atoms with Crippen molar-refractivity contribution in [1.29, 1.82) is 0 Å². The zero-order chi connectivity index (χ0) is 32.9. The van der Waals surface area contributed by atoms with Gasteiger partial charge in [-0.1, -0.05) is 24.3 Å². The van der Waals surface area contributed by atoms with Crippen molar-refractivity contribution in [1.82, 2.24) is 9.58 Å². The van der Waals surface area contributed by atoms with Gasteiger partial charge in [0.1, 0.15) is 13.3 Å². The maximum atomic E-state index is 15.5. The maximum Gasteiger partial charge on any atom is 0.511 e. The molecule has 46 heavy (non-hydrogen) atoms. The molecule has 2 aromatic carbocycles.